The third kappa shape index (κ3) is 4.21. The molecule has 3 nitrogen and oxygen atoms in total. The second kappa shape index (κ2) is 7.04. The lowest BCUT2D eigenvalue weighted by Crippen LogP contribution is -2.17. The molecule has 0 unspecified atom stereocenters. The first-order chi connectivity index (χ1) is 9.75. The molecular weight excluding hydrogens is 248 g/mol. The van der Waals surface area contributed by atoms with E-state index in [0.29, 0.717) is 5.56 Å². The van der Waals surface area contributed by atoms with Crippen LogP contribution in [0.15, 0.2) is 65.8 Å². The van der Waals surface area contributed by atoms with Crippen molar-refractivity contribution in [1.82, 2.24) is 5.43 Å². The minimum Gasteiger partial charge on any atom is -0.267 e. The summed E-state index contributed by atoms with van der Waals surface area (Å²) >= 11 is 0. The summed E-state index contributed by atoms with van der Waals surface area (Å²) in [5, 5.41) is 3.87. The van der Waals surface area contributed by atoms with Crippen molar-refractivity contribution in [3.05, 3.63) is 77.4 Å². The topological polar surface area (TPSA) is 41.5 Å². The van der Waals surface area contributed by atoms with E-state index < -0.39 is 0 Å². The van der Waals surface area contributed by atoms with Gasteiger partial charge in [-0.2, -0.15) is 5.10 Å². The average Bonchev–Trinajstić information content (AvgIpc) is 2.48. The van der Waals surface area contributed by atoms with Gasteiger partial charge in [0.25, 0.3) is 5.91 Å². The molecule has 0 radical (unpaired) electrons. The van der Waals surface area contributed by atoms with Crippen molar-refractivity contribution in [1.29, 1.82) is 0 Å². The average molecular weight is 264 g/mol. The largest absolute Gasteiger partial charge is 0.271 e. The molecule has 2 aromatic rings. The molecule has 0 aliphatic rings. The number of carbonyl (C=O) groups excluding carboxylic acids is 1. The molecule has 0 bridgehead atoms. The van der Waals surface area contributed by atoms with Crippen LogP contribution in [0.2, 0.25) is 0 Å². The number of allylic oxidation sites excluding steroid dienone is 1. The first-order valence-electron chi connectivity index (χ1n) is 6.37. The number of rotatable bonds is 4. The van der Waals surface area contributed by atoms with Crippen LogP contribution >= 0.6 is 0 Å². The number of benzene rings is 2. The number of carbonyl (C=O) groups is 1. The fraction of sp³-hybridized carbons (Fsp3) is 0.0588. The molecule has 0 saturated carbocycles. The number of nitrogens with one attached hydrogen (secondary N) is 1. The van der Waals surface area contributed by atoms with Crippen LogP contribution in [0.5, 0.6) is 0 Å². The zero-order chi connectivity index (χ0) is 14.2. The zero-order valence-electron chi connectivity index (χ0n) is 11.3. The molecule has 100 valence electrons. The molecule has 0 atom stereocenters. The summed E-state index contributed by atoms with van der Waals surface area (Å²) in [6.07, 6.45) is 5.26. The highest BCUT2D eigenvalue weighted by Crippen LogP contribution is 2.02. The summed E-state index contributed by atoms with van der Waals surface area (Å²) in [6, 6.07) is 17.2. The van der Waals surface area contributed by atoms with Gasteiger partial charge in [0.15, 0.2) is 0 Å². The SMILES string of the molecule is Cc1ccc(C(=O)NN=C/C=C/c2ccccc2)cc1. The predicted molar refractivity (Wildman–Crippen MR) is 82.6 cm³/mol. The van der Waals surface area contributed by atoms with Crippen LogP contribution in [0.3, 0.4) is 0 Å². The van der Waals surface area contributed by atoms with Gasteiger partial charge >= 0.3 is 0 Å². The normalized spacial score (nSPS) is 11.1. The van der Waals surface area contributed by atoms with E-state index in [4.69, 9.17) is 0 Å². The van der Waals surface area contributed by atoms with Gasteiger partial charge in [-0.3, -0.25) is 4.79 Å². The highest BCUT2D eigenvalue weighted by molar-refractivity contribution is 5.94. The maximum atomic E-state index is 11.7. The van der Waals surface area contributed by atoms with Crippen LogP contribution in [0.25, 0.3) is 6.08 Å². The van der Waals surface area contributed by atoms with Crippen molar-refractivity contribution < 1.29 is 4.79 Å². The van der Waals surface area contributed by atoms with Gasteiger partial charge < -0.3 is 0 Å². The third-order valence-corrected chi connectivity index (χ3v) is 2.73. The molecule has 0 saturated heterocycles. The number of hydrogen-bond donors (Lipinski definition) is 1. The quantitative estimate of drug-likeness (QED) is 0.667. The zero-order valence-corrected chi connectivity index (χ0v) is 11.3. The van der Waals surface area contributed by atoms with Crippen molar-refractivity contribution in [3.63, 3.8) is 0 Å². The van der Waals surface area contributed by atoms with E-state index in [-0.39, 0.29) is 5.91 Å². The Kier molecular flexibility index (Phi) is 4.84. The monoisotopic (exact) mass is 264 g/mol. The highest BCUT2D eigenvalue weighted by Gasteiger charge is 2.01. The van der Waals surface area contributed by atoms with Crippen LogP contribution in [-0.4, -0.2) is 12.1 Å². The van der Waals surface area contributed by atoms with E-state index in [0.717, 1.165) is 11.1 Å². The lowest BCUT2D eigenvalue weighted by Gasteiger charge is -1.99. The third-order valence-electron chi connectivity index (χ3n) is 2.73. The molecule has 3 heteroatoms. The van der Waals surface area contributed by atoms with Crippen LogP contribution < -0.4 is 5.43 Å². The van der Waals surface area contributed by atoms with Gasteiger partial charge in [-0.1, -0.05) is 54.1 Å². The van der Waals surface area contributed by atoms with E-state index in [1.807, 2.05) is 55.5 Å². The van der Waals surface area contributed by atoms with Crippen LogP contribution in [0.4, 0.5) is 0 Å². The lowest BCUT2D eigenvalue weighted by atomic mass is 10.1. The number of nitrogens with zero attached hydrogens (tertiary/aromatic N) is 1. The molecule has 2 aromatic carbocycles. The fourth-order valence-corrected chi connectivity index (χ4v) is 1.63. The number of hydrazone groups is 1. The summed E-state index contributed by atoms with van der Waals surface area (Å²) in [4.78, 5) is 11.7. The fourth-order valence-electron chi connectivity index (χ4n) is 1.63. The first kappa shape index (κ1) is 13.7. The molecule has 0 heterocycles. The van der Waals surface area contributed by atoms with E-state index in [1.165, 1.54) is 0 Å². The molecule has 20 heavy (non-hydrogen) atoms. The Labute approximate surface area is 118 Å². The smallest absolute Gasteiger partial charge is 0.267 e. The van der Waals surface area contributed by atoms with Gasteiger partial charge in [0.2, 0.25) is 0 Å². The maximum Gasteiger partial charge on any atom is 0.271 e. The molecule has 0 aliphatic carbocycles. The molecule has 2 rings (SSSR count). The minimum absolute atomic E-state index is 0.214. The first-order valence-corrected chi connectivity index (χ1v) is 6.37. The molecular formula is C17H16N2O. The number of amides is 1. The Morgan fingerprint density at radius 3 is 2.45 bits per heavy atom. The highest BCUT2D eigenvalue weighted by atomic mass is 16.2. The Morgan fingerprint density at radius 1 is 1.05 bits per heavy atom. The van der Waals surface area contributed by atoms with Crippen molar-refractivity contribution in [2.45, 2.75) is 6.92 Å². The molecule has 1 N–H and O–H groups in total. The lowest BCUT2D eigenvalue weighted by molar-refractivity contribution is 0.0955. The molecule has 0 fully saturated rings. The van der Waals surface area contributed by atoms with Gasteiger partial charge in [0.05, 0.1) is 0 Å². The van der Waals surface area contributed by atoms with Crippen molar-refractivity contribution >= 4 is 18.2 Å². The Hall–Kier alpha value is -2.68. The van der Waals surface area contributed by atoms with E-state index in [9.17, 15) is 4.79 Å². The van der Waals surface area contributed by atoms with Gasteiger partial charge in [0.1, 0.15) is 0 Å². The molecule has 0 spiro atoms. The van der Waals surface area contributed by atoms with Gasteiger partial charge in [-0.15, -0.1) is 0 Å². The number of aryl methyl sites for hydroxylation is 1. The standard InChI is InChI=1S/C17H16N2O/c1-14-9-11-16(12-10-14)17(20)19-18-13-5-8-15-6-3-2-4-7-15/h2-13H,1H3,(H,19,20)/b8-5+,18-13?. The summed E-state index contributed by atoms with van der Waals surface area (Å²) in [7, 11) is 0. The van der Waals surface area contributed by atoms with Crippen molar-refractivity contribution in [2.75, 3.05) is 0 Å². The Bertz CT molecular complexity index is 613. The Balaban J connectivity index is 1.86. The maximum absolute atomic E-state index is 11.7. The summed E-state index contributed by atoms with van der Waals surface area (Å²) in [6.45, 7) is 1.98. The van der Waals surface area contributed by atoms with E-state index >= 15 is 0 Å². The van der Waals surface area contributed by atoms with E-state index in [2.05, 4.69) is 10.5 Å². The second-order valence-electron chi connectivity index (χ2n) is 4.35. The molecule has 0 aliphatic heterocycles. The summed E-state index contributed by atoms with van der Waals surface area (Å²) in [5.41, 5.74) is 5.29. The van der Waals surface area contributed by atoms with Crippen molar-refractivity contribution in [3.8, 4) is 0 Å². The summed E-state index contributed by atoms with van der Waals surface area (Å²) in [5.74, 6) is -0.214. The van der Waals surface area contributed by atoms with Gasteiger partial charge in [-0.25, -0.2) is 5.43 Å². The molecule has 1 amide bonds. The van der Waals surface area contributed by atoms with Gasteiger partial charge in [0, 0.05) is 11.8 Å². The Morgan fingerprint density at radius 2 is 1.75 bits per heavy atom. The minimum atomic E-state index is -0.214. The summed E-state index contributed by atoms with van der Waals surface area (Å²) < 4.78 is 0. The van der Waals surface area contributed by atoms with Crippen molar-refractivity contribution in [2.24, 2.45) is 5.10 Å². The van der Waals surface area contributed by atoms with Crippen LogP contribution in [-0.2, 0) is 0 Å². The second-order valence-corrected chi connectivity index (χ2v) is 4.35. The van der Waals surface area contributed by atoms with Crippen LogP contribution in [0, 0.1) is 6.92 Å². The number of hydrogen-bond acceptors (Lipinski definition) is 2. The molecule has 0 aromatic heterocycles. The van der Waals surface area contributed by atoms with Gasteiger partial charge in [-0.05, 0) is 30.7 Å². The van der Waals surface area contributed by atoms with E-state index in [1.54, 1.807) is 24.4 Å². The van der Waals surface area contributed by atoms with Crippen LogP contribution in [0.1, 0.15) is 21.5 Å². The predicted octanol–water partition coefficient (Wildman–Crippen LogP) is 3.42.